The Balaban J connectivity index is 4.23. The van der Waals surface area contributed by atoms with E-state index in [1.807, 2.05) is 11.9 Å². The Morgan fingerprint density at radius 3 is 2.17 bits per heavy atom. The number of hydrogen-bond acceptors (Lipinski definition) is 2. The first kappa shape index (κ1) is 17.4. The zero-order valence-corrected chi connectivity index (χ0v) is 13.1. The minimum absolute atomic E-state index is 0.232. The third kappa shape index (κ3) is 7.00. The lowest BCUT2D eigenvalue weighted by Gasteiger charge is -2.31. The van der Waals surface area contributed by atoms with Crippen molar-refractivity contribution < 1.29 is 4.79 Å². The van der Waals surface area contributed by atoms with Gasteiger partial charge in [-0.3, -0.25) is 4.79 Å². The van der Waals surface area contributed by atoms with Gasteiger partial charge in [0.05, 0.1) is 0 Å². The summed E-state index contributed by atoms with van der Waals surface area (Å²) in [6.07, 6.45) is 2.60. The van der Waals surface area contributed by atoms with Crippen molar-refractivity contribution in [3.05, 3.63) is 0 Å². The van der Waals surface area contributed by atoms with Gasteiger partial charge in [-0.1, -0.05) is 34.6 Å². The summed E-state index contributed by atoms with van der Waals surface area (Å²) in [5, 5.41) is 0. The highest BCUT2D eigenvalue weighted by molar-refractivity contribution is 5.75. The Labute approximate surface area is 113 Å². The van der Waals surface area contributed by atoms with Crippen molar-refractivity contribution in [2.45, 2.75) is 53.9 Å². The molecule has 0 fully saturated rings. The van der Waals surface area contributed by atoms with Crippen LogP contribution in [0.1, 0.15) is 53.9 Å². The van der Waals surface area contributed by atoms with Crippen molar-refractivity contribution in [3.8, 4) is 0 Å². The third-order valence-corrected chi connectivity index (χ3v) is 3.51. The van der Waals surface area contributed by atoms with Gasteiger partial charge >= 0.3 is 0 Å². The molecule has 18 heavy (non-hydrogen) atoms. The van der Waals surface area contributed by atoms with E-state index in [0.29, 0.717) is 24.8 Å². The molecule has 0 radical (unpaired) electrons. The van der Waals surface area contributed by atoms with Crippen LogP contribution in [0.4, 0.5) is 0 Å². The summed E-state index contributed by atoms with van der Waals surface area (Å²) in [7, 11) is 1.90. The monoisotopic (exact) mass is 256 g/mol. The van der Waals surface area contributed by atoms with Crippen molar-refractivity contribution in [3.63, 3.8) is 0 Å². The van der Waals surface area contributed by atoms with Crippen LogP contribution in [-0.2, 0) is 4.79 Å². The second-order valence-electron chi connectivity index (χ2n) is 6.85. The van der Waals surface area contributed by atoms with E-state index in [-0.39, 0.29) is 11.3 Å². The number of rotatable bonds is 7. The predicted octanol–water partition coefficient (Wildman–Crippen LogP) is 2.89. The molecule has 0 bridgehead atoms. The van der Waals surface area contributed by atoms with E-state index in [0.717, 1.165) is 19.4 Å². The van der Waals surface area contributed by atoms with E-state index < -0.39 is 0 Å². The molecule has 0 heterocycles. The van der Waals surface area contributed by atoms with Crippen molar-refractivity contribution in [1.29, 1.82) is 0 Å². The molecule has 2 N–H and O–H groups in total. The first-order valence-corrected chi connectivity index (χ1v) is 7.12. The molecule has 0 saturated carbocycles. The largest absolute Gasteiger partial charge is 0.346 e. The second-order valence-corrected chi connectivity index (χ2v) is 6.85. The van der Waals surface area contributed by atoms with Gasteiger partial charge in [0.1, 0.15) is 0 Å². The van der Waals surface area contributed by atoms with Gasteiger partial charge in [-0.15, -0.1) is 0 Å². The van der Waals surface area contributed by atoms with Gasteiger partial charge in [-0.05, 0) is 36.6 Å². The highest BCUT2D eigenvalue weighted by Crippen LogP contribution is 2.32. The molecule has 0 aromatic carbocycles. The van der Waals surface area contributed by atoms with Gasteiger partial charge in [0.15, 0.2) is 0 Å². The van der Waals surface area contributed by atoms with Gasteiger partial charge < -0.3 is 10.6 Å². The van der Waals surface area contributed by atoms with Crippen molar-refractivity contribution in [1.82, 2.24) is 4.90 Å². The van der Waals surface area contributed by atoms with Crippen molar-refractivity contribution in [2.75, 3.05) is 20.1 Å². The number of carbonyl (C=O) groups is 1. The van der Waals surface area contributed by atoms with E-state index in [2.05, 4.69) is 34.6 Å². The molecule has 0 aliphatic carbocycles. The average Bonchev–Trinajstić information content (AvgIpc) is 2.20. The molecule has 108 valence electrons. The van der Waals surface area contributed by atoms with E-state index in [1.165, 1.54) is 0 Å². The Morgan fingerprint density at radius 2 is 1.78 bits per heavy atom. The number of hydrogen-bond donors (Lipinski definition) is 1. The minimum atomic E-state index is 0.232. The van der Waals surface area contributed by atoms with E-state index >= 15 is 0 Å². The minimum Gasteiger partial charge on any atom is -0.346 e. The fourth-order valence-electron chi connectivity index (χ4n) is 2.35. The quantitative estimate of drug-likeness (QED) is 0.761. The molecule has 0 spiro atoms. The summed E-state index contributed by atoms with van der Waals surface area (Å²) in [6, 6.07) is 0. The summed E-state index contributed by atoms with van der Waals surface area (Å²) < 4.78 is 0. The molecule has 0 aliphatic heterocycles. The first-order valence-electron chi connectivity index (χ1n) is 7.12. The first-order chi connectivity index (χ1) is 8.18. The summed E-state index contributed by atoms with van der Waals surface area (Å²) in [5.74, 6) is 1.32. The Bertz CT molecular complexity index is 243. The summed E-state index contributed by atoms with van der Waals surface area (Å²) in [5.41, 5.74) is 5.90. The van der Waals surface area contributed by atoms with Gasteiger partial charge in [0.25, 0.3) is 0 Å². The third-order valence-electron chi connectivity index (χ3n) is 3.51. The predicted molar refractivity (Wildman–Crippen MR) is 78.3 cm³/mol. The average molecular weight is 256 g/mol. The maximum Gasteiger partial charge on any atom is 0.222 e. The highest BCUT2D eigenvalue weighted by atomic mass is 16.2. The second kappa shape index (κ2) is 7.78. The van der Waals surface area contributed by atoms with Crippen molar-refractivity contribution >= 4 is 5.91 Å². The fraction of sp³-hybridized carbons (Fsp3) is 0.933. The van der Waals surface area contributed by atoms with Crippen LogP contribution in [0.2, 0.25) is 0 Å². The molecular formula is C15H32N2O. The smallest absolute Gasteiger partial charge is 0.222 e. The molecule has 0 aromatic heterocycles. The Kier molecular flexibility index (Phi) is 7.53. The topological polar surface area (TPSA) is 46.3 Å². The van der Waals surface area contributed by atoms with Crippen LogP contribution in [0, 0.1) is 17.3 Å². The van der Waals surface area contributed by atoms with Crippen molar-refractivity contribution in [2.24, 2.45) is 23.0 Å². The van der Waals surface area contributed by atoms with Gasteiger partial charge in [0, 0.05) is 20.0 Å². The van der Waals surface area contributed by atoms with Crippen LogP contribution in [0.15, 0.2) is 0 Å². The number of nitrogens with two attached hydrogens (primary N) is 1. The van der Waals surface area contributed by atoms with Crippen LogP contribution in [0.25, 0.3) is 0 Å². The number of nitrogens with zero attached hydrogens (tertiary/aromatic N) is 1. The zero-order chi connectivity index (χ0) is 14.3. The molecule has 0 saturated heterocycles. The van der Waals surface area contributed by atoms with E-state index in [4.69, 9.17) is 5.73 Å². The lowest BCUT2D eigenvalue weighted by Crippen LogP contribution is -2.31. The van der Waals surface area contributed by atoms with Crippen LogP contribution >= 0.6 is 0 Å². The number of carbonyl (C=O) groups excluding carboxylic acids is 1. The normalized spacial score (nSPS) is 13.8. The van der Waals surface area contributed by atoms with Crippen LogP contribution in [0.3, 0.4) is 0 Å². The molecule has 3 nitrogen and oxygen atoms in total. The standard InChI is InChI=1S/C15H32N2O/c1-12(2)11-17(6)14(18)8-7-13(9-10-16)15(3,4)5/h12-13H,7-11,16H2,1-6H3. The molecule has 1 amide bonds. The molecule has 0 aliphatic rings. The zero-order valence-electron chi connectivity index (χ0n) is 13.1. The van der Waals surface area contributed by atoms with Gasteiger partial charge in [-0.2, -0.15) is 0 Å². The van der Waals surface area contributed by atoms with Crippen LogP contribution < -0.4 is 5.73 Å². The maximum absolute atomic E-state index is 12.0. The highest BCUT2D eigenvalue weighted by Gasteiger charge is 2.24. The van der Waals surface area contributed by atoms with Crippen LogP contribution in [0.5, 0.6) is 0 Å². The molecule has 0 aromatic rings. The lowest BCUT2D eigenvalue weighted by molar-refractivity contribution is -0.130. The molecular weight excluding hydrogens is 224 g/mol. The van der Waals surface area contributed by atoms with Crippen LogP contribution in [-0.4, -0.2) is 30.9 Å². The summed E-state index contributed by atoms with van der Waals surface area (Å²) >= 11 is 0. The van der Waals surface area contributed by atoms with E-state index in [1.54, 1.807) is 0 Å². The molecule has 1 unspecified atom stereocenters. The molecule has 3 heteroatoms. The maximum atomic E-state index is 12.0. The fourth-order valence-corrected chi connectivity index (χ4v) is 2.35. The summed E-state index contributed by atoms with van der Waals surface area (Å²) in [6.45, 7) is 12.5. The Morgan fingerprint density at radius 1 is 1.22 bits per heavy atom. The van der Waals surface area contributed by atoms with Gasteiger partial charge in [-0.25, -0.2) is 0 Å². The van der Waals surface area contributed by atoms with Gasteiger partial charge in [0.2, 0.25) is 5.91 Å². The molecule has 0 rings (SSSR count). The SMILES string of the molecule is CC(C)CN(C)C(=O)CCC(CCN)C(C)(C)C. The molecule has 1 atom stereocenters. The number of amides is 1. The Hall–Kier alpha value is -0.570. The summed E-state index contributed by atoms with van der Waals surface area (Å²) in [4.78, 5) is 13.9. The lowest BCUT2D eigenvalue weighted by atomic mass is 9.76. The van der Waals surface area contributed by atoms with E-state index in [9.17, 15) is 4.79 Å².